The van der Waals surface area contributed by atoms with E-state index in [0.29, 0.717) is 13.2 Å². The molecule has 0 atom stereocenters. The molecule has 0 spiro atoms. The van der Waals surface area contributed by atoms with Crippen LogP contribution in [0.1, 0.15) is 27.8 Å². The molecular formula is C23H24BrNO. The normalized spacial score (nSPS) is 10.6. The Bertz CT molecular complexity index is 887. The van der Waals surface area contributed by atoms with Gasteiger partial charge in [0.25, 0.3) is 0 Å². The Morgan fingerprint density at radius 3 is 2.35 bits per heavy atom. The molecular weight excluding hydrogens is 386 g/mol. The molecule has 0 aromatic heterocycles. The molecule has 2 nitrogen and oxygen atoms in total. The van der Waals surface area contributed by atoms with Crippen LogP contribution in [0.3, 0.4) is 0 Å². The van der Waals surface area contributed by atoms with E-state index in [1.807, 2.05) is 12.1 Å². The van der Waals surface area contributed by atoms with Gasteiger partial charge in [0.1, 0.15) is 12.4 Å². The molecule has 0 aliphatic carbocycles. The van der Waals surface area contributed by atoms with Crippen molar-refractivity contribution in [3.05, 3.63) is 93.0 Å². The van der Waals surface area contributed by atoms with Crippen molar-refractivity contribution in [2.75, 3.05) is 5.32 Å². The fraction of sp³-hybridized carbons (Fsp3) is 0.217. The number of halogens is 1. The molecule has 134 valence electrons. The Hall–Kier alpha value is -2.26. The van der Waals surface area contributed by atoms with Crippen molar-refractivity contribution >= 4 is 21.6 Å². The van der Waals surface area contributed by atoms with E-state index in [4.69, 9.17) is 4.74 Å². The molecule has 0 heterocycles. The first-order valence-electron chi connectivity index (χ1n) is 8.79. The summed E-state index contributed by atoms with van der Waals surface area (Å²) in [7, 11) is 0. The van der Waals surface area contributed by atoms with Gasteiger partial charge in [0, 0.05) is 22.3 Å². The minimum atomic E-state index is 0.568. The van der Waals surface area contributed by atoms with E-state index in [2.05, 4.69) is 90.5 Å². The number of benzene rings is 3. The van der Waals surface area contributed by atoms with Crippen LogP contribution >= 0.6 is 15.9 Å². The standard InChI is InChI=1S/C23H24BrNO/c1-16-5-8-19(9-6-16)15-26-23-11-10-21(24)13-20(23)14-25-22-12-17(2)4-7-18(22)3/h4-13,25H,14-15H2,1-3H3. The van der Waals surface area contributed by atoms with Gasteiger partial charge in [-0.05, 0) is 61.7 Å². The Labute approximate surface area is 164 Å². The van der Waals surface area contributed by atoms with Crippen LogP contribution in [0.15, 0.2) is 65.1 Å². The second-order valence-corrected chi connectivity index (χ2v) is 7.61. The minimum absolute atomic E-state index is 0.568. The lowest BCUT2D eigenvalue weighted by Gasteiger charge is -2.15. The molecule has 0 amide bonds. The number of anilines is 1. The average Bonchev–Trinajstić information content (AvgIpc) is 2.63. The van der Waals surface area contributed by atoms with Gasteiger partial charge in [0.2, 0.25) is 0 Å². The van der Waals surface area contributed by atoms with Gasteiger partial charge >= 0.3 is 0 Å². The first-order valence-corrected chi connectivity index (χ1v) is 9.58. The SMILES string of the molecule is Cc1ccc(COc2ccc(Br)cc2CNc2cc(C)ccc2C)cc1. The van der Waals surface area contributed by atoms with Gasteiger partial charge in [-0.15, -0.1) is 0 Å². The highest BCUT2D eigenvalue weighted by Crippen LogP contribution is 2.26. The topological polar surface area (TPSA) is 21.3 Å². The third-order valence-corrected chi connectivity index (χ3v) is 4.89. The zero-order valence-corrected chi connectivity index (χ0v) is 17.1. The highest BCUT2D eigenvalue weighted by atomic mass is 79.9. The van der Waals surface area contributed by atoms with Crippen LogP contribution in [0.25, 0.3) is 0 Å². The van der Waals surface area contributed by atoms with Gasteiger partial charge in [-0.1, -0.05) is 57.9 Å². The molecule has 0 aliphatic heterocycles. The zero-order valence-electron chi connectivity index (χ0n) is 15.5. The van der Waals surface area contributed by atoms with Crippen molar-refractivity contribution in [1.29, 1.82) is 0 Å². The van der Waals surface area contributed by atoms with E-state index in [1.165, 1.54) is 22.3 Å². The third-order valence-electron chi connectivity index (χ3n) is 4.40. The van der Waals surface area contributed by atoms with Gasteiger partial charge in [0.15, 0.2) is 0 Å². The molecule has 3 aromatic carbocycles. The van der Waals surface area contributed by atoms with Gasteiger partial charge < -0.3 is 10.1 Å². The number of rotatable bonds is 6. The predicted octanol–water partition coefficient (Wildman–Crippen LogP) is 6.57. The van der Waals surface area contributed by atoms with E-state index in [-0.39, 0.29) is 0 Å². The molecule has 0 fully saturated rings. The summed E-state index contributed by atoms with van der Waals surface area (Å²) >= 11 is 3.57. The summed E-state index contributed by atoms with van der Waals surface area (Å²) in [5, 5.41) is 3.54. The number of hydrogen-bond donors (Lipinski definition) is 1. The third kappa shape index (κ3) is 4.89. The summed E-state index contributed by atoms with van der Waals surface area (Å²) in [6.45, 7) is 7.61. The van der Waals surface area contributed by atoms with Crippen molar-refractivity contribution in [3.8, 4) is 5.75 Å². The molecule has 3 heteroatoms. The van der Waals surface area contributed by atoms with Crippen molar-refractivity contribution in [1.82, 2.24) is 0 Å². The lowest BCUT2D eigenvalue weighted by Crippen LogP contribution is -2.05. The minimum Gasteiger partial charge on any atom is -0.489 e. The Morgan fingerprint density at radius 2 is 1.58 bits per heavy atom. The summed E-state index contributed by atoms with van der Waals surface area (Å²) in [6.07, 6.45) is 0. The molecule has 0 aliphatic rings. The van der Waals surface area contributed by atoms with Crippen LogP contribution in [0.5, 0.6) is 5.75 Å². The van der Waals surface area contributed by atoms with Crippen LogP contribution in [0.2, 0.25) is 0 Å². The van der Waals surface area contributed by atoms with Crippen LogP contribution in [-0.4, -0.2) is 0 Å². The first kappa shape index (κ1) is 18.5. The first-order chi connectivity index (χ1) is 12.5. The van der Waals surface area contributed by atoms with E-state index < -0.39 is 0 Å². The van der Waals surface area contributed by atoms with Crippen molar-refractivity contribution < 1.29 is 4.74 Å². The lowest BCUT2D eigenvalue weighted by molar-refractivity contribution is 0.303. The van der Waals surface area contributed by atoms with Gasteiger partial charge in [-0.3, -0.25) is 0 Å². The summed E-state index contributed by atoms with van der Waals surface area (Å²) in [4.78, 5) is 0. The monoisotopic (exact) mass is 409 g/mol. The van der Waals surface area contributed by atoms with Crippen LogP contribution in [0.4, 0.5) is 5.69 Å². The van der Waals surface area contributed by atoms with Crippen molar-refractivity contribution in [2.24, 2.45) is 0 Å². The fourth-order valence-corrected chi connectivity index (χ4v) is 3.20. The Balaban J connectivity index is 1.73. The molecule has 0 saturated carbocycles. The maximum absolute atomic E-state index is 6.10. The molecule has 1 N–H and O–H groups in total. The van der Waals surface area contributed by atoms with E-state index in [9.17, 15) is 0 Å². The summed E-state index contributed by atoms with van der Waals surface area (Å²) in [5.74, 6) is 0.909. The van der Waals surface area contributed by atoms with Crippen molar-refractivity contribution in [3.63, 3.8) is 0 Å². The number of aryl methyl sites for hydroxylation is 3. The van der Waals surface area contributed by atoms with Gasteiger partial charge in [-0.25, -0.2) is 0 Å². The maximum Gasteiger partial charge on any atom is 0.124 e. The van der Waals surface area contributed by atoms with E-state index >= 15 is 0 Å². The van der Waals surface area contributed by atoms with Crippen LogP contribution in [0, 0.1) is 20.8 Å². The molecule has 0 saturated heterocycles. The summed E-state index contributed by atoms with van der Waals surface area (Å²) in [5.41, 5.74) is 7.22. The Morgan fingerprint density at radius 1 is 0.846 bits per heavy atom. The molecule has 0 unspecified atom stereocenters. The molecule has 0 bridgehead atoms. The van der Waals surface area contributed by atoms with Crippen LogP contribution < -0.4 is 10.1 Å². The Kier molecular flexibility index (Phi) is 6.00. The van der Waals surface area contributed by atoms with E-state index in [0.717, 1.165) is 21.5 Å². The molecule has 3 aromatic rings. The largest absolute Gasteiger partial charge is 0.489 e. The second kappa shape index (κ2) is 8.41. The average molecular weight is 410 g/mol. The molecule has 26 heavy (non-hydrogen) atoms. The second-order valence-electron chi connectivity index (χ2n) is 6.70. The summed E-state index contributed by atoms with van der Waals surface area (Å²) in [6, 6.07) is 21.1. The maximum atomic E-state index is 6.10. The highest BCUT2D eigenvalue weighted by molar-refractivity contribution is 9.10. The quantitative estimate of drug-likeness (QED) is 0.497. The molecule has 0 radical (unpaired) electrons. The van der Waals surface area contributed by atoms with Gasteiger partial charge in [0.05, 0.1) is 0 Å². The van der Waals surface area contributed by atoms with E-state index in [1.54, 1.807) is 0 Å². The fourth-order valence-electron chi connectivity index (χ4n) is 2.79. The number of hydrogen-bond acceptors (Lipinski definition) is 2. The molecule has 3 rings (SSSR count). The summed E-state index contributed by atoms with van der Waals surface area (Å²) < 4.78 is 7.15. The predicted molar refractivity (Wildman–Crippen MR) is 113 cm³/mol. The zero-order chi connectivity index (χ0) is 18.5. The smallest absolute Gasteiger partial charge is 0.124 e. The highest BCUT2D eigenvalue weighted by Gasteiger charge is 2.07. The van der Waals surface area contributed by atoms with Crippen LogP contribution in [-0.2, 0) is 13.2 Å². The van der Waals surface area contributed by atoms with Gasteiger partial charge in [-0.2, -0.15) is 0 Å². The number of nitrogens with one attached hydrogen (secondary N) is 1. The lowest BCUT2D eigenvalue weighted by atomic mass is 10.1. The van der Waals surface area contributed by atoms with Crippen molar-refractivity contribution in [2.45, 2.75) is 33.9 Å². The number of ether oxygens (including phenoxy) is 1.